The van der Waals surface area contributed by atoms with Crippen molar-refractivity contribution in [2.75, 3.05) is 0 Å². The SMILES string of the molecule is c1ccc(C2(c3ccccc3)c3ccccc3-c3cc4c(cc32)Oc2ccc(-c3ccccc3-c3ccc(-c5ccccn5)cc3)cc2O4)cc1. The number of rotatable bonds is 5. The van der Waals surface area contributed by atoms with Crippen LogP contribution in [-0.4, -0.2) is 4.98 Å². The van der Waals surface area contributed by atoms with Crippen LogP contribution in [0.3, 0.4) is 0 Å². The molecule has 0 radical (unpaired) electrons. The number of fused-ring (bicyclic) bond motifs is 5. The molecule has 51 heavy (non-hydrogen) atoms. The van der Waals surface area contributed by atoms with Crippen molar-refractivity contribution < 1.29 is 9.47 Å². The molecule has 10 rings (SSSR count). The van der Waals surface area contributed by atoms with Crippen molar-refractivity contribution in [3.05, 3.63) is 210 Å². The van der Waals surface area contributed by atoms with Gasteiger partial charge in [0, 0.05) is 11.8 Å². The Kier molecular flexibility index (Phi) is 6.71. The molecule has 0 N–H and O–H groups in total. The lowest BCUT2D eigenvalue weighted by Crippen LogP contribution is -2.28. The van der Waals surface area contributed by atoms with Gasteiger partial charge in [0.2, 0.25) is 0 Å². The summed E-state index contributed by atoms with van der Waals surface area (Å²) in [5.74, 6) is 2.82. The van der Waals surface area contributed by atoms with Gasteiger partial charge in [-0.25, -0.2) is 0 Å². The van der Waals surface area contributed by atoms with Crippen LogP contribution >= 0.6 is 0 Å². The molecular weight excluding hydrogens is 623 g/mol. The quantitative estimate of drug-likeness (QED) is 0.185. The van der Waals surface area contributed by atoms with Crippen molar-refractivity contribution in [1.29, 1.82) is 0 Å². The monoisotopic (exact) mass is 653 g/mol. The Morgan fingerprint density at radius 3 is 1.61 bits per heavy atom. The van der Waals surface area contributed by atoms with E-state index in [9.17, 15) is 0 Å². The molecular formula is C48H31NO2. The van der Waals surface area contributed by atoms with E-state index in [1.165, 1.54) is 27.8 Å². The third-order valence-corrected chi connectivity index (χ3v) is 10.3. The van der Waals surface area contributed by atoms with E-state index in [2.05, 4.69) is 163 Å². The van der Waals surface area contributed by atoms with Gasteiger partial charge in [-0.1, -0.05) is 146 Å². The summed E-state index contributed by atoms with van der Waals surface area (Å²) >= 11 is 0. The van der Waals surface area contributed by atoms with Crippen LogP contribution in [0.15, 0.2) is 188 Å². The van der Waals surface area contributed by atoms with Crippen molar-refractivity contribution in [2.45, 2.75) is 5.41 Å². The molecule has 3 heteroatoms. The van der Waals surface area contributed by atoms with Gasteiger partial charge in [-0.2, -0.15) is 0 Å². The van der Waals surface area contributed by atoms with Gasteiger partial charge in [-0.3, -0.25) is 4.98 Å². The zero-order valence-electron chi connectivity index (χ0n) is 27.7. The molecule has 0 bridgehead atoms. The lowest BCUT2D eigenvalue weighted by atomic mass is 9.67. The Bertz CT molecular complexity index is 2520. The molecule has 1 aliphatic heterocycles. The first-order chi connectivity index (χ1) is 25.3. The second-order valence-electron chi connectivity index (χ2n) is 13.1. The van der Waals surface area contributed by atoms with Gasteiger partial charge in [0.15, 0.2) is 23.0 Å². The van der Waals surface area contributed by atoms with E-state index in [0.717, 1.165) is 39.1 Å². The lowest BCUT2D eigenvalue weighted by Gasteiger charge is -2.34. The number of ether oxygens (including phenoxy) is 2. The molecule has 1 aliphatic carbocycles. The number of aromatic nitrogens is 1. The molecule has 0 unspecified atom stereocenters. The van der Waals surface area contributed by atoms with Crippen LogP contribution in [0.5, 0.6) is 23.0 Å². The molecule has 8 aromatic rings. The van der Waals surface area contributed by atoms with E-state index in [-0.39, 0.29) is 0 Å². The summed E-state index contributed by atoms with van der Waals surface area (Å²) in [7, 11) is 0. The third-order valence-electron chi connectivity index (χ3n) is 10.3. The summed E-state index contributed by atoms with van der Waals surface area (Å²) in [4.78, 5) is 4.51. The van der Waals surface area contributed by atoms with Crippen molar-refractivity contribution >= 4 is 0 Å². The van der Waals surface area contributed by atoms with Gasteiger partial charge < -0.3 is 9.47 Å². The van der Waals surface area contributed by atoms with E-state index in [0.29, 0.717) is 23.0 Å². The summed E-state index contributed by atoms with van der Waals surface area (Å²) in [5.41, 5.74) is 13.2. The first-order valence-electron chi connectivity index (χ1n) is 17.3. The molecule has 2 aliphatic rings. The summed E-state index contributed by atoms with van der Waals surface area (Å²) < 4.78 is 13.4. The Hall–Kier alpha value is -6.71. The highest BCUT2D eigenvalue weighted by Gasteiger charge is 2.47. The Morgan fingerprint density at radius 1 is 0.353 bits per heavy atom. The van der Waals surface area contributed by atoms with Gasteiger partial charge in [-0.15, -0.1) is 0 Å². The average Bonchev–Trinajstić information content (AvgIpc) is 3.50. The summed E-state index contributed by atoms with van der Waals surface area (Å²) in [6.45, 7) is 0. The van der Waals surface area contributed by atoms with Crippen LogP contribution in [0.25, 0.3) is 44.6 Å². The first-order valence-corrected chi connectivity index (χ1v) is 17.3. The zero-order chi connectivity index (χ0) is 33.8. The highest BCUT2D eigenvalue weighted by Crippen LogP contribution is 2.59. The van der Waals surface area contributed by atoms with E-state index in [1.54, 1.807) is 0 Å². The van der Waals surface area contributed by atoms with Crippen LogP contribution in [0.1, 0.15) is 22.3 Å². The first kappa shape index (κ1) is 29.2. The largest absolute Gasteiger partial charge is 0.450 e. The average molecular weight is 654 g/mol. The number of pyridine rings is 1. The fourth-order valence-electron chi connectivity index (χ4n) is 8.02. The van der Waals surface area contributed by atoms with Crippen molar-refractivity contribution in [1.82, 2.24) is 4.98 Å². The van der Waals surface area contributed by atoms with Gasteiger partial charge in [0.1, 0.15) is 0 Å². The normalized spacial score (nSPS) is 13.2. The van der Waals surface area contributed by atoms with Crippen LogP contribution < -0.4 is 9.47 Å². The van der Waals surface area contributed by atoms with Gasteiger partial charge in [0.05, 0.1) is 11.1 Å². The van der Waals surface area contributed by atoms with Gasteiger partial charge >= 0.3 is 0 Å². The topological polar surface area (TPSA) is 31.4 Å². The van der Waals surface area contributed by atoms with E-state index in [4.69, 9.17) is 9.47 Å². The lowest BCUT2D eigenvalue weighted by molar-refractivity contribution is 0.359. The van der Waals surface area contributed by atoms with Gasteiger partial charge in [0.25, 0.3) is 0 Å². The van der Waals surface area contributed by atoms with E-state index in [1.807, 2.05) is 30.5 Å². The third kappa shape index (κ3) is 4.63. The van der Waals surface area contributed by atoms with Crippen LogP contribution in [-0.2, 0) is 5.41 Å². The molecule has 0 atom stereocenters. The molecule has 3 nitrogen and oxygen atoms in total. The second kappa shape index (κ2) is 11.7. The molecule has 2 heterocycles. The predicted molar refractivity (Wildman–Crippen MR) is 204 cm³/mol. The van der Waals surface area contributed by atoms with Crippen molar-refractivity contribution in [3.8, 4) is 67.6 Å². The maximum absolute atomic E-state index is 6.74. The summed E-state index contributed by atoms with van der Waals surface area (Å²) in [6.07, 6.45) is 1.83. The maximum Gasteiger partial charge on any atom is 0.170 e. The molecule has 240 valence electrons. The van der Waals surface area contributed by atoms with E-state index < -0.39 is 5.41 Å². The predicted octanol–water partition coefficient (Wildman–Crippen LogP) is 12.3. The van der Waals surface area contributed by atoms with Crippen LogP contribution in [0.4, 0.5) is 0 Å². The summed E-state index contributed by atoms with van der Waals surface area (Å²) in [5, 5.41) is 0. The molecule has 1 aromatic heterocycles. The standard InChI is InChI=1S/C48H31NO2/c1-3-13-35(14-4-1)48(36-15-5-2-6-16-36)41-20-10-9-19-39(41)40-30-46-47(31-42(40)48)50-44-27-26-34(29-45(44)51-46)38-18-8-7-17-37(38)32-22-24-33(25-23-32)43-21-11-12-28-49-43/h1-31H. The minimum absolute atomic E-state index is 0.503. The number of hydrogen-bond donors (Lipinski definition) is 0. The molecule has 0 saturated heterocycles. The number of hydrogen-bond acceptors (Lipinski definition) is 3. The molecule has 0 saturated carbocycles. The highest BCUT2D eigenvalue weighted by atomic mass is 16.6. The molecule has 0 amide bonds. The number of benzene rings is 7. The Balaban J connectivity index is 1.06. The summed E-state index contributed by atoms with van der Waals surface area (Å²) in [6, 6.07) is 64.1. The minimum Gasteiger partial charge on any atom is -0.450 e. The van der Waals surface area contributed by atoms with Crippen molar-refractivity contribution in [3.63, 3.8) is 0 Å². The van der Waals surface area contributed by atoms with Gasteiger partial charge in [-0.05, 0) is 92.0 Å². The highest BCUT2D eigenvalue weighted by molar-refractivity contribution is 5.89. The minimum atomic E-state index is -0.503. The van der Waals surface area contributed by atoms with E-state index >= 15 is 0 Å². The maximum atomic E-state index is 6.74. The fourth-order valence-corrected chi connectivity index (χ4v) is 8.02. The number of nitrogens with zero attached hydrogens (tertiary/aromatic N) is 1. The zero-order valence-corrected chi connectivity index (χ0v) is 27.7. The smallest absolute Gasteiger partial charge is 0.170 e. The Morgan fingerprint density at radius 2 is 0.902 bits per heavy atom. The van der Waals surface area contributed by atoms with Crippen molar-refractivity contribution in [2.24, 2.45) is 0 Å². The second-order valence-corrected chi connectivity index (χ2v) is 13.1. The Labute approximate surface area is 297 Å². The molecule has 0 fully saturated rings. The molecule has 7 aromatic carbocycles. The van der Waals surface area contributed by atoms with Crippen LogP contribution in [0.2, 0.25) is 0 Å². The fraction of sp³-hybridized carbons (Fsp3) is 0.0208. The van der Waals surface area contributed by atoms with Crippen LogP contribution in [0, 0.1) is 0 Å². The molecule has 0 spiro atoms.